The molecule has 0 heterocycles. The third-order valence-electron chi connectivity index (χ3n) is 8.08. The van der Waals surface area contributed by atoms with Gasteiger partial charge in [-0.3, -0.25) is 9.52 Å². The molecule has 0 radical (unpaired) electrons. The molecule has 3 aliphatic carbocycles. The number of amides is 1. The molecule has 2 aromatic carbocycles. The Hall–Kier alpha value is -2.34. The fourth-order valence-corrected chi connectivity index (χ4v) is 6.83. The van der Waals surface area contributed by atoms with Crippen molar-refractivity contribution in [3.63, 3.8) is 0 Å². The van der Waals surface area contributed by atoms with Gasteiger partial charge in [0.15, 0.2) is 0 Å². The smallest absolute Gasteiger partial charge is 0.261 e. The predicted molar refractivity (Wildman–Crippen MR) is 135 cm³/mol. The average Bonchev–Trinajstić information content (AvgIpc) is 3.68. The van der Waals surface area contributed by atoms with Gasteiger partial charge in [0.2, 0.25) is 5.91 Å². The fraction of sp³-hybridized carbons (Fsp3) is 0.536. The molecule has 3 aliphatic rings. The number of carbonyl (C=O) groups is 1. The number of rotatable bonds is 7. The van der Waals surface area contributed by atoms with Crippen LogP contribution in [-0.4, -0.2) is 20.4 Å². The molecule has 2 N–H and O–H groups in total. The first kappa shape index (κ1) is 23.4. The summed E-state index contributed by atoms with van der Waals surface area (Å²) in [5.41, 5.74) is 2.29. The molecule has 2 aromatic rings. The highest BCUT2D eigenvalue weighted by Gasteiger charge is 2.51. The monoisotopic (exact) mass is 480 g/mol. The molecule has 182 valence electrons. The summed E-state index contributed by atoms with van der Waals surface area (Å²) in [6.45, 7) is 0. The molecule has 3 fully saturated rings. The molecule has 0 aliphatic heterocycles. The van der Waals surface area contributed by atoms with Gasteiger partial charge < -0.3 is 5.32 Å². The van der Waals surface area contributed by atoms with Gasteiger partial charge in [0.1, 0.15) is 0 Å². The van der Waals surface area contributed by atoms with Gasteiger partial charge in [0.25, 0.3) is 10.0 Å². The van der Waals surface area contributed by atoms with Crippen LogP contribution < -0.4 is 10.0 Å². The summed E-state index contributed by atoms with van der Waals surface area (Å²) in [5.74, 6) is 0.682. The van der Waals surface area contributed by atoms with E-state index in [0.29, 0.717) is 17.6 Å². The number of benzene rings is 2. The van der Waals surface area contributed by atoms with E-state index < -0.39 is 15.4 Å². The second kappa shape index (κ2) is 9.73. The van der Waals surface area contributed by atoms with E-state index in [0.717, 1.165) is 31.2 Å². The molecular formula is C28H36N2O3S. The SMILES string of the molecule is O=C(NC1CCCCC1)C1(c2ccc(NS(=O)(=O)c3ccc(C4CCCCC4)cc3)cc2)CC1. The predicted octanol–water partition coefficient (Wildman–Crippen LogP) is 6.02. The largest absolute Gasteiger partial charge is 0.353 e. The van der Waals surface area contributed by atoms with Crippen molar-refractivity contribution >= 4 is 21.6 Å². The Bertz CT molecular complexity index is 1090. The maximum atomic E-state index is 13.0. The highest BCUT2D eigenvalue weighted by Crippen LogP contribution is 2.49. The first-order chi connectivity index (χ1) is 16.5. The molecule has 0 unspecified atom stereocenters. The van der Waals surface area contributed by atoms with E-state index in [1.165, 1.54) is 56.9 Å². The molecule has 0 bridgehead atoms. The van der Waals surface area contributed by atoms with E-state index >= 15 is 0 Å². The Morgan fingerprint density at radius 3 is 1.94 bits per heavy atom. The molecule has 5 rings (SSSR count). The second-order valence-electron chi connectivity index (χ2n) is 10.5. The van der Waals surface area contributed by atoms with E-state index in [2.05, 4.69) is 10.0 Å². The van der Waals surface area contributed by atoms with Gasteiger partial charge in [-0.2, -0.15) is 0 Å². The van der Waals surface area contributed by atoms with Crippen LogP contribution in [0.5, 0.6) is 0 Å². The third-order valence-corrected chi connectivity index (χ3v) is 9.48. The summed E-state index contributed by atoms with van der Waals surface area (Å²) < 4.78 is 28.6. The van der Waals surface area contributed by atoms with Crippen molar-refractivity contribution in [3.05, 3.63) is 59.7 Å². The Morgan fingerprint density at radius 1 is 0.765 bits per heavy atom. The van der Waals surface area contributed by atoms with Crippen molar-refractivity contribution in [2.24, 2.45) is 0 Å². The van der Waals surface area contributed by atoms with Crippen LogP contribution in [0.2, 0.25) is 0 Å². The van der Waals surface area contributed by atoms with Crippen molar-refractivity contribution in [3.8, 4) is 0 Å². The molecular weight excluding hydrogens is 444 g/mol. The van der Waals surface area contributed by atoms with Crippen LogP contribution in [0.4, 0.5) is 5.69 Å². The Labute approximate surface area is 203 Å². The molecule has 3 saturated carbocycles. The van der Waals surface area contributed by atoms with E-state index in [-0.39, 0.29) is 10.8 Å². The van der Waals surface area contributed by atoms with Gasteiger partial charge in [-0.1, -0.05) is 62.8 Å². The molecule has 5 nitrogen and oxygen atoms in total. The molecule has 6 heteroatoms. The zero-order valence-corrected chi connectivity index (χ0v) is 20.7. The zero-order valence-electron chi connectivity index (χ0n) is 19.9. The van der Waals surface area contributed by atoms with E-state index in [1.807, 2.05) is 24.3 Å². The summed E-state index contributed by atoms with van der Waals surface area (Å²) in [4.78, 5) is 13.3. The van der Waals surface area contributed by atoms with Crippen LogP contribution in [-0.2, 0) is 20.2 Å². The molecule has 1 amide bonds. The zero-order chi connectivity index (χ0) is 23.6. The van der Waals surface area contributed by atoms with Gasteiger partial charge in [0.05, 0.1) is 10.3 Å². The minimum absolute atomic E-state index is 0.130. The van der Waals surface area contributed by atoms with Crippen molar-refractivity contribution in [1.82, 2.24) is 5.32 Å². The van der Waals surface area contributed by atoms with Crippen LogP contribution in [0.25, 0.3) is 0 Å². The number of sulfonamides is 1. The quantitative estimate of drug-likeness (QED) is 0.509. The van der Waals surface area contributed by atoms with Gasteiger partial charge in [0, 0.05) is 11.7 Å². The van der Waals surface area contributed by atoms with Crippen LogP contribution in [0.15, 0.2) is 53.4 Å². The van der Waals surface area contributed by atoms with E-state index in [9.17, 15) is 13.2 Å². The van der Waals surface area contributed by atoms with E-state index in [4.69, 9.17) is 0 Å². The number of carbonyl (C=O) groups excluding carboxylic acids is 1. The Morgan fingerprint density at radius 2 is 1.35 bits per heavy atom. The van der Waals surface area contributed by atoms with Crippen LogP contribution in [0.1, 0.15) is 94.1 Å². The number of hydrogen-bond acceptors (Lipinski definition) is 3. The summed E-state index contributed by atoms with van der Waals surface area (Å²) in [6.07, 6.45) is 13.7. The summed E-state index contributed by atoms with van der Waals surface area (Å²) in [5, 5.41) is 3.27. The van der Waals surface area contributed by atoms with Gasteiger partial charge in [-0.05, 0) is 79.8 Å². The van der Waals surface area contributed by atoms with Crippen LogP contribution in [0.3, 0.4) is 0 Å². The molecule has 0 aromatic heterocycles. The maximum absolute atomic E-state index is 13.0. The normalized spacial score (nSPS) is 21.1. The van der Waals surface area contributed by atoms with Crippen molar-refractivity contribution < 1.29 is 13.2 Å². The minimum atomic E-state index is -3.66. The lowest BCUT2D eigenvalue weighted by Gasteiger charge is -2.25. The van der Waals surface area contributed by atoms with Crippen LogP contribution in [0, 0.1) is 0 Å². The topological polar surface area (TPSA) is 75.3 Å². The number of nitrogens with one attached hydrogen (secondary N) is 2. The lowest BCUT2D eigenvalue weighted by Crippen LogP contribution is -2.42. The lowest BCUT2D eigenvalue weighted by molar-refractivity contribution is -0.124. The van der Waals surface area contributed by atoms with Crippen molar-refractivity contribution in [2.75, 3.05) is 4.72 Å². The summed E-state index contributed by atoms with van der Waals surface area (Å²) in [6, 6.07) is 15.0. The maximum Gasteiger partial charge on any atom is 0.261 e. The second-order valence-corrected chi connectivity index (χ2v) is 12.2. The summed E-state index contributed by atoms with van der Waals surface area (Å²) in [7, 11) is -3.66. The minimum Gasteiger partial charge on any atom is -0.353 e. The highest BCUT2D eigenvalue weighted by molar-refractivity contribution is 7.92. The summed E-state index contributed by atoms with van der Waals surface area (Å²) >= 11 is 0. The first-order valence-corrected chi connectivity index (χ1v) is 14.5. The highest BCUT2D eigenvalue weighted by atomic mass is 32.2. The molecule has 0 saturated heterocycles. The van der Waals surface area contributed by atoms with Crippen molar-refractivity contribution in [1.29, 1.82) is 0 Å². The standard InChI is InChI=1S/C28H36N2O3S/c31-27(29-24-9-5-2-6-10-24)28(19-20-28)23-13-15-25(16-14-23)30-34(32,33)26-17-11-22(12-18-26)21-7-3-1-4-8-21/h11-18,21,24,30H,1-10,19-20H2,(H,29,31). The Balaban J connectivity index is 1.23. The first-order valence-electron chi connectivity index (χ1n) is 13.0. The number of anilines is 1. The fourth-order valence-electron chi connectivity index (χ4n) is 5.77. The third kappa shape index (κ3) is 5.02. The average molecular weight is 481 g/mol. The molecule has 34 heavy (non-hydrogen) atoms. The van der Waals surface area contributed by atoms with Gasteiger partial charge in [-0.15, -0.1) is 0 Å². The van der Waals surface area contributed by atoms with Gasteiger partial charge >= 0.3 is 0 Å². The Kier molecular flexibility index (Phi) is 6.70. The lowest BCUT2D eigenvalue weighted by atomic mass is 9.84. The molecule has 0 atom stereocenters. The van der Waals surface area contributed by atoms with Gasteiger partial charge in [-0.25, -0.2) is 8.42 Å². The van der Waals surface area contributed by atoms with Crippen molar-refractivity contribution in [2.45, 2.75) is 99.3 Å². The van der Waals surface area contributed by atoms with Crippen LogP contribution >= 0.6 is 0 Å². The van der Waals surface area contributed by atoms with E-state index in [1.54, 1.807) is 24.3 Å². The number of hydrogen-bond donors (Lipinski definition) is 2. The molecule has 0 spiro atoms.